The van der Waals surface area contributed by atoms with Crippen LogP contribution in [-0.4, -0.2) is 44.8 Å². The van der Waals surface area contributed by atoms with Crippen molar-refractivity contribution in [2.45, 2.75) is 33.1 Å². The first kappa shape index (κ1) is 27.4. The number of hydrogen-bond acceptors (Lipinski definition) is 6. The van der Waals surface area contributed by atoms with Crippen molar-refractivity contribution in [3.8, 4) is 22.8 Å². The Bertz CT molecular complexity index is 1490. The predicted molar refractivity (Wildman–Crippen MR) is 153 cm³/mol. The van der Waals surface area contributed by atoms with E-state index in [1.807, 2.05) is 24.3 Å². The Morgan fingerprint density at radius 2 is 1.68 bits per heavy atom. The molecule has 0 saturated carbocycles. The number of nitrogens with zero attached hydrogens (tertiary/aromatic N) is 6. The third-order valence-electron chi connectivity index (χ3n) is 6.29. The van der Waals surface area contributed by atoms with Crippen LogP contribution in [0.3, 0.4) is 0 Å². The van der Waals surface area contributed by atoms with Gasteiger partial charge < -0.3 is 9.64 Å². The molecular weight excluding hydrogens is 537 g/mol. The molecule has 0 aliphatic carbocycles. The molecule has 1 saturated heterocycles. The molecule has 1 aromatic heterocycles. The van der Waals surface area contributed by atoms with Crippen molar-refractivity contribution >= 4 is 28.8 Å². The normalized spacial score (nSPS) is 15.5. The summed E-state index contributed by atoms with van der Waals surface area (Å²) in [5.74, 6) is 1.20. The van der Waals surface area contributed by atoms with Crippen LogP contribution in [0.25, 0.3) is 17.1 Å². The van der Waals surface area contributed by atoms with Gasteiger partial charge in [-0.15, -0.1) is 23.4 Å². The van der Waals surface area contributed by atoms with Gasteiger partial charge in [0, 0.05) is 23.5 Å². The Balaban J connectivity index is 1.28. The quantitative estimate of drug-likeness (QED) is 0.183. The molecule has 2 heterocycles. The molecule has 1 fully saturated rings. The fourth-order valence-corrected chi connectivity index (χ4v) is 5.39. The van der Waals surface area contributed by atoms with Crippen molar-refractivity contribution in [1.82, 2.24) is 14.8 Å². The molecule has 5 rings (SSSR count). The van der Waals surface area contributed by atoms with Crippen LogP contribution in [0.2, 0.25) is 0 Å². The number of ether oxygens (including phenoxy) is 1. The van der Waals surface area contributed by atoms with Crippen LogP contribution in [0.5, 0.6) is 5.75 Å². The Hall–Kier alpha value is -4.12. The van der Waals surface area contributed by atoms with Crippen LogP contribution in [0, 0.1) is 13.8 Å². The lowest BCUT2D eigenvalue weighted by atomic mass is 10.1. The third kappa shape index (κ3) is 6.71. The number of benzene rings is 3. The number of alkyl halides is 3. The zero-order valence-corrected chi connectivity index (χ0v) is 22.8. The lowest BCUT2D eigenvalue weighted by Gasteiger charge is -2.26. The molecule has 0 N–H and O–H groups in total. The van der Waals surface area contributed by atoms with Crippen LogP contribution >= 0.6 is 11.8 Å². The molecule has 1 aliphatic heterocycles. The Morgan fingerprint density at radius 3 is 2.38 bits per heavy atom. The Morgan fingerprint density at radius 1 is 0.950 bits per heavy atom. The minimum Gasteiger partial charge on any atom is -0.406 e. The number of aromatic nitrogens is 3. The van der Waals surface area contributed by atoms with Gasteiger partial charge in [0.15, 0.2) is 11.0 Å². The highest BCUT2D eigenvalue weighted by Gasteiger charge is 2.31. The van der Waals surface area contributed by atoms with Crippen molar-refractivity contribution < 1.29 is 17.9 Å². The van der Waals surface area contributed by atoms with Crippen LogP contribution in [0.1, 0.15) is 29.5 Å². The number of anilines is 1. The van der Waals surface area contributed by atoms with Gasteiger partial charge in [0.1, 0.15) is 12.1 Å². The average Bonchev–Trinajstić information content (AvgIpc) is 3.30. The highest BCUT2D eigenvalue weighted by atomic mass is 32.2. The molecule has 0 bridgehead atoms. The predicted octanol–water partition coefficient (Wildman–Crippen LogP) is 7.17. The van der Waals surface area contributed by atoms with E-state index in [4.69, 9.17) is 0 Å². The van der Waals surface area contributed by atoms with Gasteiger partial charge in [-0.05, 0) is 67.6 Å². The molecule has 0 atom stereocenters. The van der Waals surface area contributed by atoms with Crippen molar-refractivity contribution in [1.29, 1.82) is 0 Å². The summed E-state index contributed by atoms with van der Waals surface area (Å²) in [6.07, 6.45) is 0.736. The first-order chi connectivity index (χ1) is 19.3. The monoisotopic (exact) mass is 564 g/mol. The van der Waals surface area contributed by atoms with E-state index in [1.54, 1.807) is 18.0 Å². The standard InChI is InChI=1S/C29H27F3N6OS/c1-20-6-5-7-21(2)26(20)37-16-3-4-17-40-28(37)35-34-18-22-8-10-23(11-9-22)27-33-19-38(36-27)24-12-14-25(15-13-24)39-29(30,31)32/h5-15,18-19H,3-4,16-17H2,1-2H3. The number of aryl methyl sites for hydroxylation is 2. The lowest BCUT2D eigenvalue weighted by Crippen LogP contribution is -2.29. The van der Waals surface area contributed by atoms with E-state index in [0.717, 1.165) is 41.4 Å². The second-order valence-electron chi connectivity index (χ2n) is 9.25. The Kier molecular flexibility index (Phi) is 8.20. The number of halogens is 3. The molecular formula is C29H27F3N6OS. The number of hydrogen-bond donors (Lipinski definition) is 0. The summed E-state index contributed by atoms with van der Waals surface area (Å²) in [6, 6.07) is 19.3. The van der Waals surface area contributed by atoms with Crippen molar-refractivity contribution in [2.24, 2.45) is 10.2 Å². The summed E-state index contributed by atoms with van der Waals surface area (Å²) in [6.45, 7) is 5.16. The molecule has 11 heteroatoms. The zero-order valence-electron chi connectivity index (χ0n) is 22.0. The number of amidine groups is 1. The Labute approximate surface area is 234 Å². The second kappa shape index (κ2) is 12.0. The maximum atomic E-state index is 12.4. The van der Waals surface area contributed by atoms with Crippen LogP contribution in [0.4, 0.5) is 18.9 Å². The summed E-state index contributed by atoms with van der Waals surface area (Å²) < 4.78 is 42.6. The minimum absolute atomic E-state index is 0.297. The van der Waals surface area contributed by atoms with Gasteiger partial charge in [-0.25, -0.2) is 9.67 Å². The van der Waals surface area contributed by atoms with Gasteiger partial charge in [0.05, 0.1) is 11.9 Å². The third-order valence-corrected chi connectivity index (χ3v) is 7.35. The molecule has 206 valence electrons. The fraction of sp³-hybridized carbons (Fsp3) is 0.241. The molecule has 40 heavy (non-hydrogen) atoms. The smallest absolute Gasteiger partial charge is 0.406 e. The second-order valence-corrected chi connectivity index (χ2v) is 10.3. The van der Waals surface area contributed by atoms with Crippen LogP contribution in [0.15, 0.2) is 83.3 Å². The molecule has 3 aromatic carbocycles. The van der Waals surface area contributed by atoms with Gasteiger partial charge >= 0.3 is 6.36 Å². The van der Waals surface area contributed by atoms with Crippen LogP contribution in [-0.2, 0) is 0 Å². The molecule has 0 radical (unpaired) electrons. The van der Waals surface area contributed by atoms with Crippen molar-refractivity contribution in [3.63, 3.8) is 0 Å². The number of para-hydroxylation sites is 1. The number of rotatable bonds is 6. The topological polar surface area (TPSA) is 67.9 Å². The van der Waals surface area contributed by atoms with E-state index in [2.05, 4.69) is 62.0 Å². The molecule has 0 unspecified atom stereocenters. The van der Waals surface area contributed by atoms with E-state index in [0.29, 0.717) is 11.5 Å². The van der Waals surface area contributed by atoms with Gasteiger partial charge in [-0.1, -0.05) is 54.2 Å². The fourth-order valence-electron chi connectivity index (χ4n) is 4.41. The average molecular weight is 565 g/mol. The highest BCUT2D eigenvalue weighted by Crippen LogP contribution is 2.30. The summed E-state index contributed by atoms with van der Waals surface area (Å²) in [5, 5.41) is 14.3. The maximum absolute atomic E-state index is 12.4. The zero-order chi connectivity index (χ0) is 28.1. The molecule has 1 aliphatic rings. The van der Waals surface area contributed by atoms with Gasteiger partial charge in [0.2, 0.25) is 0 Å². The van der Waals surface area contributed by atoms with E-state index in [-0.39, 0.29) is 5.75 Å². The lowest BCUT2D eigenvalue weighted by molar-refractivity contribution is -0.274. The van der Waals surface area contributed by atoms with E-state index in [9.17, 15) is 13.2 Å². The maximum Gasteiger partial charge on any atom is 0.573 e. The molecule has 4 aromatic rings. The summed E-state index contributed by atoms with van der Waals surface area (Å²) in [7, 11) is 0. The van der Waals surface area contributed by atoms with Crippen molar-refractivity contribution in [3.05, 3.63) is 89.7 Å². The minimum atomic E-state index is -4.74. The van der Waals surface area contributed by atoms with E-state index in [1.165, 1.54) is 52.1 Å². The van der Waals surface area contributed by atoms with E-state index < -0.39 is 6.36 Å². The summed E-state index contributed by atoms with van der Waals surface area (Å²) in [4.78, 5) is 6.61. The summed E-state index contributed by atoms with van der Waals surface area (Å²) >= 11 is 1.73. The SMILES string of the molecule is Cc1cccc(C)c1N1CCCCSC1=NN=Cc1ccc(-c2ncn(-c3ccc(OC(F)(F)F)cc3)n2)cc1. The van der Waals surface area contributed by atoms with E-state index >= 15 is 0 Å². The largest absolute Gasteiger partial charge is 0.573 e. The summed E-state index contributed by atoms with van der Waals surface area (Å²) in [5.41, 5.74) is 5.87. The van der Waals surface area contributed by atoms with Gasteiger partial charge in [-0.2, -0.15) is 5.10 Å². The molecule has 0 amide bonds. The van der Waals surface area contributed by atoms with Crippen LogP contribution < -0.4 is 9.64 Å². The van der Waals surface area contributed by atoms with Crippen molar-refractivity contribution in [2.75, 3.05) is 17.2 Å². The number of thioether (sulfide) groups is 1. The molecule has 7 nitrogen and oxygen atoms in total. The first-order valence-corrected chi connectivity index (χ1v) is 13.7. The van der Waals surface area contributed by atoms with Gasteiger partial charge in [0.25, 0.3) is 0 Å². The van der Waals surface area contributed by atoms with Gasteiger partial charge in [-0.3, -0.25) is 0 Å². The first-order valence-electron chi connectivity index (χ1n) is 12.7. The highest BCUT2D eigenvalue weighted by molar-refractivity contribution is 8.14. The molecule has 0 spiro atoms.